The molecule has 0 bridgehead atoms. The Labute approximate surface area is 207 Å². The van der Waals surface area contributed by atoms with Gasteiger partial charge in [-0.3, -0.25) is 9.59 Å². The highest BCUT2D eigenvalue weighted by atomic mass is 16.5. The van der Waals surface area contributed by atoms with E-state index in [2.05, 4.69) is 11.4 Å². The molecule has 0 radical (unpaired) electrons. The van der Waals surface area contributed by atoms with Crippen LogP contribution < -0.4 is 15.0 Å². The summed E-state index contributed by atoms with van der Waals surface area (Å²) in [5.41, 5.74) is 6.71. The van der Waals surface area contributed by atoms with Crippen LogP contribution in [0, 0.1) is 25.2 Å². The van der Waals surface area contributed by atoms with E-state index in [-0.39, 0.29) is 5.91 Å². The number of nitrogens with zero attached hydrogens (tertiary/aromatic N) is 2. The lowest BCUT2D eigenvalue weighted by molar-refractivity contribution is 0.0955. The van der Waals surface area contributed by atoms with Crippen molar-refractivity contribution in [3.8, 4) is 11.8 Å². The van der Waals surface area contributed by atoms with Crippen molar-refractivity contribution in [2.75, 3.05) is 31.6 Å². The summed E-state index contributed by atoms with van der Waals surface area (Å²) in [4.78, 5) is 25.9. The molecule has 1 N–H and O–H groups in total. The molecule has 3 aromatic rings. The quantitative estimate of drug-likeness (QED) is 0.430. The lowest BCUT2D eigenvalue weighted by Gasteiger charge is -2.22. The van der Waals surface area contributed by atoms with Gasteiger partial charge in [-0.05, 0) is 79.8 Å². The molecular formula is C29H31N3O3. The number of nitrogens with one attached hydrogen (secondary N) is 1. The lowest BCUT2D eigenvalue weighted by Crippen LogP contribution is -2.25. The average Bonchev–Trinajstić information content (AvgIpc) is 2.88. The minimum absolute atomic E-state index is 0.0856. The molecule has 35 heavy (non-hydrogen) atoms. The molecule has 0 fully saturated rings. The Morgan fingerprint density at radius 3 is 2.49 bits per heavy atom. The standard InChI is InChI=1S/C29H31N3O3/c1-5-31-29(34)23-12-10-22(11-13-23)16-25-17-26(19-33)28(21(3)20(25)2)35-15-14-32(4)27-9-7-6-8-24(27)18-30/h6-13,17,19H,5,14-16H2,1-4H3,(H,31,34). The Morgan fingerprint density at radius 1 is 1.11 bits per heavy atom. The number of hydrogen-bond donors (Lipinski definition) is 1. The summed E-state index contributed by atoms with van der Waals surface area (Å²) in [6.45, 7) is 7.42. The molecule has 6 nitrogen and oxygen atoms in total. The van der Waals surface area contributed by atoms with E-state index in [0.717, 1.165) is 34.2 Å². The minimum Gasteiger partial charge on any atom is -0.491 e. The van der Waals surface area contributed by atoms with E-state index in [4.69, 9.17) is 4.74 Å². The fraction of sp³-hybridized carbons (Fsp3) is 0.276. The summed E-state index contributed by atoms with van der Waals surface area (Å²) >= 11 is 0. The fourth-order valence-corrected chi connectivity index (χ4v) is 4.01. The second kappa shape index (κ2) is 11.8. The van der Waals surface area contributed by atoms with Crippen LogP contribution in [0.1, 0.15) is 55.5 Å². The lowest BCUT2D eigenvalue weighted by atomic mass is 9.93. The number of benzene rings is 3. The Balaban J connectivity index is 1.73. The highest BCUT2D eigenvalue weighted by Gasteiger charge is 2.15. The Morgan fingerprint density at radius 2 is 1.83 bits per heavy atom. The summed E-state index contributed by atoms with van der Waals surface area (Å²) in [5, 5.41) is 12.1. The van der Waals surface area contributed by atoms with Crippen LogP contribution in [0.25, 0.3) is 0 Å². The number of para-hydroxylation sites is 1. The van der Waals surface area contributed by atoms with E-state index in [1.165, 1.54) is 0 Å². The van der Waals surface area contributed by atoms with Crippen LogP contribution in [0.5, 0.6) is 5.75 Å². The van der Waals surface area contributed by atoms with E-state index >= 15 is 0 Å². The van der Waals surface area contributed by atoms with Crippen LogP contribution in [0.3, 0.4) is 0 Å². The third-order valence-corrected chi connectivity index (χ3v) is 6.16. The van der Waals surface area contributed by atoms with Crippen LogP contribution in [-0.4, -0.2) is 38.9 Å². The molecule has 0 saturated heterocycles. The SMILES string of the molecule is CCNC(=O)c1ccc(Cc2cc(C=O)c(OCCN(C)c3ccccc3C#N)c(C)c2C)cc1. The van der Waals surface area contributed by atoms with Gasteiger partial charge >= 0.3 is 0 Å². The van der Waals surface area contributed by atoms with Crippen molar-refractivity contribution in [1.82, 2.24) is 5.32 Å². The van der Waals surface area contributed by atoms with E-state index in [0.29, 0.717) is 48.6 Å². The number of ether oxygens (including phenoxy) is 1. The number of hydrogen-bond acceptors (Lipinski definition) is 5. The molecule has 0 heterocycles. The molecule has 0 unspecified atom stereocenters. The first kappa shape index (κ1) is 25.5. The van der Waals surface area contributed by atoms with Gasteiger partial charge in [0.05, 0.1) is 23.4 Å². The predicted molar refractivity (Wildman–Crippen MR) is 138 cm³/mol. The first-order valence-electron chi connectivity index (χ1n) is 11.7. The monoisotopic (exact) mass is 469 g/mol. The second-order valence-corrected chi connectivity index (χ2v) is 8.45. The van der Waals surface area contributed by atoms with Gasteiger partial charge in [0.15, 0.2) is 6.29 Å². The molecule has 6 heteroatoms. The van der Waals surface area contributed by atoms with E-state index in [9.17, 15) is 14.9 Å². The molecule has 0 atom stereocenters. The molecule has 3 aromatic carbocycles. The Kier molecular flexibility index (Phi) is 8.63. The third kappa shape index (κ3) is 6.07. The smallest absolute Gasteiger partial charge is 0.251 e. The van der Waals surface area contributed by atoms with Crippen molar-refractivity contribution in [3.63, 3.8) is 0 Å². The first-order chi connectivity index (χ1) is 16.9. The fourth-order valence-electron chi connectivity index (χ4n) is 4.01. The van der Waals surface area contributed by atoms with Gasteiger partial charge in [0, 0.05) is 19.2 Å². The van der Waals surface area contributed by atoms with Crippen LogP contribution in [0.15, 0.2) is 54.6 Å². The molecule has 0 aliphatic carbocycles. The summed E-state index contributed by atoms with van der Waals surface area (Å²) in [6, 6.07) is 19.1. The second-order valence-electron chi connectivity index (χ2n) is 8.45. The summed E-state index contributed by atoms with van der Waals surface area (Å²) in [5.74, 6) is 0.507. The number of nitriles is 1. The van der Waals surface area contributed by atoms with E-state index < -0.39 is 0 Å². The van der Waals surface area contributed by atoms with Gasteiger partial charge in [0.25, 0.3) is 5.91 Å². The number of aldehydes is 1. The van der Waals surface area contributed by atoms with Crippen molar-refractivity contribution in [2.24, 2.45) is 0 Å². The highest BCUT2D eigenvalue weighted by Crippen LogP contribution is 2.30. The minimum atomic E-state index is -0.0856. The van der Waals surface area contributed by atoms with E-state index in [1.54, 1.807) is 6.07 Å². The van der Waals surface area contributed by atoms with Crippen molar-refractivity contribution < 1.29 is 14.3 Å². The Hall–Kier alpha value is -4.11. The van der Waals surface area contributed by atoms with Crippen LogP contribution >= 0.6 is 0 Å². The number of amides is 1. The predicted octanol–water partition coefficient (Wildman–Crippen LogP) is 4.84. The molecule has 1 amide bonds. The van der Waals surface area contributed by atoms with Gasteiger partial charge in [0.2, 0.25) is 0 Å². The summed E-state index contributed by atoms with van der Waals surface area (Å²) in [7, 11) is 1.92. The molecule has 0 aliphatic rings. The van der Waals surface area contributed by atoms with Gasteiger partial charge in [0.1, 0.15) is 18.4 Å². The van der Waals surface area contributed by atoms with Crippen molar-refractivity contribution in [1.29, 1.82) is 5.26 Å². The molecule has 180 valence electrons. The van der Waals surface area contributed by atoms with E-state index in [1.807, 2.05) is 81.2 Å². The first-order valence-corrected chi connectivity index (χ1v) is 11.7. The molecular weight excluding hydrogens is 438 g/mol. The van der Waals surface area contributed by atoms with Gasteiger partial charge < -0.3 is 15.0 Å². The maximum absolute atomic E-state index is 12.0. The topological polar surface area (TPSA) is 82.4 Å². The van der Waals surface area contributed by atoms with Crippen molar-refractivity contribution in [2.45, 2.75) is 27.2 Å². The maximum Gasteiger partial charge on any atom is 0.251 e. The molecule has 3 rings (SSSR count). The largest absolute Gasteiger partial charge is 0.491 e. The van der Waals surface area contributed by atoms with Crippen LogP contribution in [0.4, 0.5) is 5.69 Å². The molecule has 0 spiro atoms. The van der Waals surface area contributed by atoms with Crippen molar-refractivity contribution >= 4 is 17.9 Å². The number of carbonyl (C=O) groups is 2. The van der Waals surface area contributed by atoms with Gasteiger partial charge in [-0.25, -0.2) is 0 Å². The van der Waals surface area contributed by atoms with Gasteiger partial charge in [-0.2, -0.15) is 5.26 Å². The molecule has 0 saturated carbocycles. The average molecular weight is 470 g/mol. The normalized spacial score (nSPS) is 10.4. The molecule has 0 aliphatic heterocycles. The number of anilines is 1. The third-order valence-electron chi connectivity index (χ3n) is 6.16. The zero-order valence-electron chi connectivity index (χ0n) is 20.7. The Bertz CT molecular complexity index is 1240. The number of carbonyl (C=O) groups excluding carboxylic acids is 2. The molecule has 0 aromatic heterocycles. The zero-order chi connectivity index (χ0) is 25.4. The maximum atomic E-state index is 12.0. The van der Waals surface area contributed by atoms with Crippen LogP contribution in [0.2, 0.25) is 0 Å². The van der Waals surface area contributed by atoms with Gasteiger partial charge in [-0.15, -0.1) is 0 Å². The number of likely N-dealkylation sites (N-methyl/N-ethyl adjacent to an activating group) is 1. The van der Waals surface area contributed by atoms with Crippen LogP contribution in [-0.2, 0) is 6.42 Å². The summed E-state index contributed by atoms with van der Waals surface area (Å²) < 4.78 is 6.08. The van der Waals surface area contributed by atoms with Gasteiger partial charge in [-0.1, -0.05) is 24.3 Å². The number of rotatable bonds is 10. The van der Waals surface area contributed by atoms with Crippen molar-refractivity contribution in [3.05, 3.63) is 93.5 Å². The zero-order valence-corrected chi connectivity index (χ0v) is 20.7. The summed E-state index contributed by atoms with van der Waals surface area (Å²) in [6.07, 6.45) is 1.48. The highest BCUT2D eigenvalue weighted by molar-refractivity contribution is 5.94.